The van der Waals surface area contributed by atoms with Gasteiger partial charge >= 0.3 is 5.97 Å². The highest BCUT2D eigenvalue weighted by Gasteiger charge is 2.38. The van der Waals surface area contributed by atoms with E-state index in [4.69, 9.17) is 4.74 Å². The Labute approximate surface area is 127 Å². The van der Waals surface area contributed by atoms with E-state index in [0.29, 0.717) is 32.5 Å². The largest absolute Gasteiger partial charge is 0.466 e. The molecule has 21 heavy (non-hydrogen) atoms. The molecular weight excluding hydrogens is 292 g/mol. The van der Waals surface area contributed by atoms with Crippen molar-refractivity contribution in [1.29, 1.82) is 0 Å². The summed E-state index contributed by atoms with van der Waals surface area (Å²) in [5.74, 6) is -0.599. The van der Waals surface area contributed by atoms with Gasteiger partial charge in [-0.15, -0.1) is 0 Å². The Balaban J connectivity index is 2.07. The Kier molecular flexibility index (Phi) is 5.62. The van der Waals surface area contributed by atoms with Gasteiger partial charge in [-0.25, -0.2) is 0 Å². The molecule has 2 saturated heterocycles. The number of carbonyl (C=O) groups is 1. The number of hydrogen-bond donors (Lipinski definition) is 0. The van der Waals surface area contributed by atoms with Gasteiger partial charge in [-0.05, 0) is 39.5 Å². The molecule has 2 aliphatic rings. The summed E-state index contributed by atoms with van der Waals surface area (Å²) >= 11 is 0. The molecule has 0 amide bonds. The van der Waals surface area contributed by atoms with E-state index in [2.05, 4.69) is 0 Å². The zero-order valence-corrected chi connectivity index (χ0v) is 13.8. The van der Waals surface area contributed by atoms with Gasteiger partial charge in [0.05, 0.1) is 12.5 Å². The van der Waals surface area contributed by atoms with E-state index in [1.54, 1.807) is 11.2 Å². The van der Waals surface area contributed by atoms with E-state index in [9.17, 15) is 13.2 Å². The Hall–Kier alpha value is -0.660. The van der Waals surface area contributed by atoms with Crippen molar-refractivity contribution in [2.24, 2.45) is 5.92 Å². The molecule has 0 saturated carbocycles. The van der Waals surface area contributed by atoms with E-state index in [0.717, 1.165) is 19.3 Å². The molecular formula is C14H26N2O4S. The maximum Gasteiger partial charge on any atom is 0.310 e. The first kappa shape index (κ1) is 16.7. The number of ether oxygens (including phenoxy) is 1. The van der Waals surface area contributed by atoms with Crippen LogP contribution in [0.3, 0.4) is 0 Å². The lowest BCUT2D eigenvalue weighted by Gasteiger charge is -2.38. The van der Waals surface area contributed by atoms with E-state index in [1.807, 2.05) is 6.92 Å². The number of esters is 1. The van der Waals surface area contributed by atoms with Crippen molar-refractivity contribution in [1.82, 2.24) is 8.61 Å². The normalized spacial score (nSPS) is 29.2. The fourth-order valence-corrected chi connectivity index (χ4v) is 5.11. The van der Waals surface area contributed by atoms with Crippen molar-refractivity contribution in [2.75, 3.05) is 26.2 Å². The van der Waals surface area contributed by atoms with E-state index >= 15 is 0 Å². The fourth-order valence-electron chi connectivity index (χ4n) is 3.17. The van der Waals surface area contributed by atoms with Crippen molar-refractivity contribution in [3.8, 4) is 0 Å². The van der Waals surface area contributed by atoms with Gasteiger partial charge in [-0.1, -0.05) is 6.42 Å². The molecule has 0 bridgehead atoms. The number of nitrogens with zero attached hydrogens (tertiary/aromatic N) is 2. The molecule has 122 valence electrons. The molecule has 0 aromatic rings. The summed E-state index contributed by atoms with van der Waals surface area (Å²) in [6, 6.07) is 0.0479. The predicted octanol–water partition coefficient (Wildman–Crippen LogP) is 1.38. The molecule has 0 aromatic heterocycles. The number of carbonyl (C=O) groups excluding carboxylic acids is 1. The van der Waals surface area contributed by atoms with Crippen LogP contribution < -0.4 is 0 Å². The summed E-state index contributed by atoms with van der Waals surface area (Å²) in [5, 5.41) is 0. The molecule has 2 atom stereocenters. The van der Waals surface area contributed by atoms with Gasteiger partial charge in [-0.2, -0.15) is 17.0 Å². The summed E-state index contributed by atoms with van der Waals surface area (Å²) in [6.07, 6.45) is 4.33. The minimum Gasteiger partial charge on any atom is -0.466 e. The molecule has 2 rings (SSSR count). The molecule has 0 aromatic carbocycles. The van der Waals surface area contributed by atoms with Gasteiger partial charge in [0.2, 0.25) is 0 Å². The Bertz CT molecular complexity index is 466. The maximum atomic E-state index is 12.8. The molecule has 0 spiro atoms. The smallest absolute Gasteiger partial charge is 0.310 e. The van der Waals surface area contributed by atoms with Crippen molar-refractivity contribution in [2.45, 2.75) is 52.0 Å². The monoisotopic (exact) mass is 318 g/mol. The van der Waals surface area contributed by atoms with Crippen molar-refractivity contribution in [3.63, 3.8) is 0 Å². The summed E-state index contributed by atoms with van der Waals surface area (Å²) < 4.78 is 33.7. The Morgan fingerprint density at radius 2 is 1.95 bits per heavy atom. The van der Waals surface area contributed by atoms with Gasteiger partial charge in [-0.3, -0.25) is 4.79 Å². The third-order valence-corrected chi connectivity index (χ3v) is 6.49. The average Bonchev–Trinajstić information content (AvgIpc) is 2.48. The van der Waals surface area contributed by atoms with Crippen LogP contribution in [0.4, 0.5) is 0 Å². The van der Waals surface area contributed by atoms with Gasteiger partial charge < -0.3 is 4.74 Å². The van der Waals surface area contributed by atoms with Gasteiger partial charge in [0.25, 0.3) is 10.2 Å². The lowest BCUT2D eigenvalue weighted by atomic mass is 10.0. The standard InChI is InChI=1S/C14H26N2O4S/c1-3-20-14(17)13-8-6-9-15(11-13)21(18,19)16-10-5-4-7-12(16)2/h12-13H,3-11H2,1-2H3. The van der Waals surface area contributed by atoms with Crippen LogP contribution in [0.1, 0.15) is 46.0 Å². The second-order valence-electron chi connectivity index (χ2n) is 5.91. The summed E-state index contributed by atoms with van der Waals surface area (Å²) in [7, 11) is -3.46. The first-order valence-corrected chi connectivity index (χ1v) is 9.30. The van der Waals surface area contributed by atoms with Crippen LogP contribution in [0.25, 0.3) is 0 Å². The lowest BCUT2D eigenvalue weighted by molar-refractivity contribution is -0.149. The van der Waals surface area contributed by atoms with E-state index < -0.39 is 10.2 Å². The zero-order valence-electron chi connectivity index (χ0n) is 13.0. The number of piperidine rings is 2. The van der Waals surface area contributed by atoms with Crippen LogP contribution in [-0.2, 0) is 19.7 Å². The first-order valence-electron chi connectivity index (χ1n) is 7.90. The van der Waals surface area contributed by atoms with Crippen LogP contribution in [0, 0.1) is 5.92 Å². The molecule has 0 aliphatic carbocycles. The highest BCUT2D eigenvalue weighted by atomic mass is 32.2. The summed E-state index contributed by atoms with van der Waals surface area (Å²) in [6.45, 7) is 5.41. The Morgan fingerprint density at radius 3 is 2.62 bits per heavy atom. The quantitative estimate of drug-likeness (QED) is 0.735. The van der Waals surface area contributed by atoms with E-state index in [-0.39, 0.29) is 24.5 Å². The molecule has 0 radical (unpaired) electrons. The third kappa shape index (κ3) is 3.76. The van der Waals surface area contributed by atoms with E-state index in [1.165, 1.54) is 4.31 Å². The number of rotatable bonds is 4. The molecule has 2 aliphatic heterocycles. The molecule has 7 heteroatoms. The minimum atomic E-state index is -3.46. The molecule has 0 N–H and O–H groups in total. The third-order valence-electron chi connectivity index (χ3n) is 4.37. The predicted molar refractivity (Wildman–Crippen MR) is 79.9 cm³/mol. The highest BCUT2D eigenvalue weighted by molar-refractivity contribution is 7.86. The topological polar surface area (TPSA) is 66.9 Å². The van der Waals surface area contributed by atoms with Crippen molar-refractivity contribution in [3.05, 3.63) is 0 Å². The van der Waals surface area contributed by atoms with Crippen LogP contribution in [0.5, 0.6) is 0 Å². The van der Waals surface area contributed by atoms with Crippen molar-refractivity contribution >= 4 is 16.2 Å². The molecule has 2 fully saturated rings. The molecule has 2 heterocycles. The maximum absolute atomic E-state index is 12.8. The first-order chi connectivity index (χ1) is 9.96. The summed E-state index contributed by atoms with van der Waals surface area (Å²) in [4.78, 5) is 11.9. The molecule has 2 unspecified atom stereocenters. The van der Waals surface area contributed by atoms with Crippen LogP contribution in [0.2, 0.25) is 0 Å². The minimum absolute atomic E-state index is 0.0479. The lowest BCUT2D eigenvalue weighted by Crippen LogP contribution is -2.53. The average molecular weight is 318 g/mol. The second-order valence-corrected chi connectivity index (χ2v) is 7.79. The van der Waals surface area contributed by atoms with Crippen LogP contribution >= 0.6 is 0 Å². The Morgan fingerprint density at radius 1 is 1.19 bits per heavy atom. The molecule has 6 nitrogen and oxygen atoms in total. The van der Waals surface area contributed by atoms with Gasteiger partial charge in [0.15, 0.2) is 0 Å². The number of hydrogen-bond acceptors (Lipinski definition) is 4. The van der Waals surface area contributed by atoms with Crippen LogP contribution in [0.15, 0.2) is 0 Å². The second kappa shape index (κ2) is 7.07. The SMILES string of the molecule is CCOC(=O)C1CCCN(S(=O)(=O)N2CCCCC2C)C1. The van der Waals surface area contributed by atoms with Gasteiger partial charge in [0.1, 0.15) is 0 Å². The highest BCUT2D eigenvalue weighted by Crippen LogP contribution is 2.26. The zero-order chi connectivity index (χ0) is 15.5. The van der Waals surface area contributed by atoms with Crippen LogP contribution in [-0.4, -0.2) is 55.3 Å². The summed E-state index contributed by atoms with van der Waals surface area (Å²) in [5.41, 5.74) is 0. The fraction of sp³-hybridized carbons (Fsp3) is 0.929. The van der Waals surface area contributed by atoms with Crippen molar-refractivity contribution < 1.29 is 17.9 Å². The van der Waals surface area contributed by atoms with Gasteiger partial charge in [0, 0.05) is 25.7 Å².